The number of rotatable bonds is 5. The van der Waals surface area contributed by atoms with Crippen LogP contribution >= 0.6 is 0 Å². The number of benzene rings is 1. The molecule has 0 aliphatic carbocycles. The Morgan fingerprint density at radius 2 is 1.92 bits per heavy atom. The zero-order valence-electron chi connectivity index (χ0n) is 15.9. The van der Waals surface area contributed by atoms with Crippen LogP contribution in [0, 0.1) is 0 Å². The zero-order valence-corrected chi connectivity index (χ0v) is 15.9. The first-order valence-corrected chi connectivity index (χ1v) is 8.53. The second-order valence-electron chi connectivity index (χ2n) is 7.25. The summed E-state index contributed by atoms with van der Waals surface area (Å²) < 4.78 is 7.29. The van der Waals surface area contributed by atoms with Gasteiger partial charge in [-0.15, -0.1) is 0 Å². The highest BCUT2D eigenvalue weighted by Crippen LogP contribution is 2.22. The van der Waals surface area contributed by atoms with E-state index < -0.39 is 17.7 Å². The monoisotopic (exact) mass is 358 g/mol. The fourth-order valence-corrected chi connectivity index (χ4v) is 2.79. The number of ether oxygens (including phenoxy) is 1. The maximum absolute atomic E-state index is 12.1. The normalized spacial score (nSPS) is 12.3. The van der Waals surface area contributed by atoms with Gasteiger partial charge in [0, 0.05) is 31.2 Å². The molecule has 2 aromatic rings. The predicted molar refractivity (Wildman–Crippen MR) is 101 cm³/mol. The summed E-state index contributed by atoms with van der Waals surface area (Å²) in [5.74, 6) is -1.16. The Bertz CT molecular complexity index is 843. The lowest BCUT2D eigenvalue weighted by atomic mass is 10.1. The molecule has 0 spiro atoms. The summed E-state index contributed by atoms with van der Waals surface area (Å²) in [6.45, 7) is 5.22. The minimum absolute atomic E-state index is 0.0838. The number of carboxylic acid groups (broad SMARTS) is 1. The summed E-state index contributed by atoms with van der Waals surface area (Å²) in [6, 6.07) is 8.08. The first-order chi connectivity index (χ1) is 12.1. The molecule has 1 heterocycles. The van der Waals surface area contributed by atoms with Gasteiger partial charge in [-0.05, 0) is 45.2 Å². The van der Waals surface area contributed by atoms with Gasteiger partial charge in [0.15, 0.2) is 0 Å². The van der Waals surface area contributed by atoms with Gasteiger partial charge >= 0.3 is 12.1 Å². The SMILES string of the molecule is CN(C(=O)OC(C)(C)C)/C(=C/CCc1cn(C)c2ccccc12)C(=O)O. The summed E-state index contributed by atoms with van der Waals surface area (Å²) >= 11 is 0. The van der Waals surface area contributed by atoms with Crippen molar-refractivity contribution in [1.82, 2.24) is 9.47 Å². The van der Waals surface area contributed by atoms with Crippen molar-refractivity contribution in [2.45, 2.75) is 39.2 Å². The molecule has 1 N–H and O–H groups in total. The van der Waals surface area contributed by atoms with E-state index in [-0.39, 0.29) is 5.70 Å². The molecule has 0 fully saturated rings. The number of hydrogen-bond donors (Lipinski definition) is 1. The quantitative estimate of drug-likeness (QED) is 0.822. The molecule has 1 aromatic heterocycles. The van der Waals surface area contributed by atoms with Gasteiger partial charge in [-0.25, -0.2) is 9.59 Å². The smallest absolute Gasteiger partial charge is 0.414 e. The first kappa shape index (κ1) is 19.6. The fourth-order valence-electron chi connectivity index (χ4n) is 2.79. The third-order valence-corrected chi connectivity index (χ3v) is 3.98. The van der Waals surface area contributed by atoms with Crippen molar-refractivity contribution in [3.8, 4) is 0 Å². The average molecular weight is 358 g/mol. The van der Waals surface area contributed by atoms with Crippen LogP contribution < -0.4 is 0 Å². The van der Waals surface area contributed by atoms with Crippen molar-refractivity contribution in [1.29, 1.82) is 0 Å². The van der Waals surface area contributed by atoms with Gasteiger partial charge in [0.05, 0.1) is 0 Å². The van der Waals surface area contributed by atoms with Crippen LogP contribution in [0.4, 0.5) is 4.79 Å². The van der Waals surface area contributed by atoms with Crippen LogP contribution in [0.1, 0.15) is 32.8 Å². The highest BCUT2D eigenvalue weighted by molar-refractivity contribution is 5.90. The largest absolute Gasteiger partial charge is 0.477 e. The standard InChI is InChI=1S/C20H26N2O4/c1-20(2,3)26-19(25)22(5)17(18(23)24)12-8-9-14-13-21(4)16-11-7-6-10-15(14)16/h6-7,10-13H,8-9H2,1-5H3,(H,23,24)/b17-12+. The van der Waals surface area contributed by atoms with Crippen molar-refractivity contribution in [3.05, 3.63) is 47.8 Å². The summed E-state index contributed by atoms with van der Waals surface area (Å²) in [4.78, 5) is 24.7. The van der Waals surface area contributed by atoms with E-state index in [0.29, 0.717) is 12.8 Å². The van der Waals surface area contributed by atoms with Gasteiger partial charge in [0.25, 0.3) is 0 Å². The summed E-state index contributed by atoms with van der Waals surface area (Å²) in [5.41, 5.74) is 1.51. The molecule has 0 aliphatic heterocycles. The van der Waals surface area contributed by atoms with Gasteiger partial charge in [0.1, 0.15) is 11.3 Å². The molecule has 0 saturated carbocycles. The average Bonchev–Trinajstić information content (AvgIpc) is 2.86. The lowest BCUT2D eigenvalue weighted by molar-refractivity contribution is -0.134. The number of aromatic nitrogens is 1. The Balaban J connectivity index is 2.14. The molecule has 2 rings (SSSR count). The Morgan fingerprint density at radius 3 is 2.54 bits per heavy atom. The van der Waals surface area contributed by atoms with Crippen molar-refractivity contribution in [2.75, 3.05) is 7.05 Å². The minimum atomic E-state index is -1.16. The van der Waals surface area contributed by atoms with E-state index in [1.165, 1.54) is 7.05 Å². The third kappa shape index (κ3) is 4.65. The number of aliphatic carboxylic acids is 1. The van der Waals surface area contributed by atoms with E-state index in [1.54, 1.807) is 26.8 Å². The molecule has 0 unspecified atom stereocenters. The van der Waals surface area contributed by atoms with Crippen molar-refractivity contribution in [2.24, 2.45) is 7.05 Å². The number of fused-ring (bicyclic) bond motifs is 1. The molecule has 0 atom stereocenters. The third-order valence-electron chi connectivity index (χ3n) is 3.98. The van der Waals surface area contributed by atoms with Gasteiger partial charge < -0.3 is 14.4 Å². The summed E-state index contributed by atoms with van der Waals surface area (Å²) in [5, 5.41) is 10.6. The number of likely N-dealkylation sites (N-methyl/N-ethyl adjacent to an activating group) is 1. The highest BCUT2D eigenvalue weighted by Gasteiger charge is 2.24. The Labute approximate surface area is 153 Å². The molecule has 0 aliphatic rings. The number of hydrogen-bond acceptors (Lipinski definition) is 3. The highest BCUT2D eigenvalue weighted by atomic mass is 16.6. The van der Waals surface area contributed by atoms with E-state index in [1.807, 2.05) is 25.2 Å². The van der Waals surface area contributed by atoms with Gasteiger partial charge in [-0.2, -0.15) is 0 Å². The topological polar surface area (TPSA) is 71.8 Å². The number of allylic oxidation sites excluding steroid dienone is 1. The van der Waals surface area contributed by atoms with E-state index in [2.05, 4.69) is 16.8 Å². The van der Waals surface area contributed by atoms with Gasteiger partial charge in [-0.1, -0.05) is 24.3 Å². The maximum Gasteiger partial charge on any atom is 0.414 e. The van der Waals surface area contributed by atoms with Gasteiger partial charge in [-0.3, -0.25) is 4.90 Å². The molecule has 26 heavy (non-hydrogen) atoms. The lowest BCUT2D eigenvalue weighted by Gasteiger charge is -2.24. The minimum Gasteiger partial charge on any atom is -0.477 e. The number of aryl methyl sites for hydroxylation is 2. The summed E-state index contributed by atoms with van der Waals surface area (Å²) in [6.07, 6.45) is 4.12. The molecule has 0 bridgehead atoms. The fraction of sp³-hybridized carbons (Fsp3) is 0.400. The molecule has 140 valence electrons. The molecule has 1 aromatic carbocycles. The molecule has 6 heteroatoms. The van der Waals surface area contributed by atoms with Crippen LogP contribution in [0.2, 0.25) is 0 Å². The summed E-state index contributed by atoms with van der Waals surface area (Å²) in [7, 11) is 3.40. The molecule has 0 radical (unpaired) electrons. The second-order valence-corrected chi connectivity index (χ2v) is 7.25. The van der Waals surface area contributed by atoms with E-state index in [4.69, 9.17) is 4.74 Å². The molecule has 1 amide bonds. The Hall–Kier alpha value is -2.76. The number of carbonyl (C=O) groups excluding carboxylic acids is 1. The molecular formula is C20H26N2O4. The second kappa shape index (κ2) is 7.64. The zero-order chi connectivity index (χ0) is 19.5. The van der Waals surface area contributed by atoms with Crippen LogP contribution in [0.25, 0.3) is 10.9 Å². The van der Waals surface area contributed by atoms with Crippen LogP contribution in [0.15, 0.2) is 42.2 Å². The number of carboxylic acids is 1. The van der Waals surface area contributed by atoms with Crippen LogP contribution in [0.3, 0.4) is 0 Å². The van der Waals surface area contributed by atoms with Crippen LogP contribution in [0.5, 0.6) is 0 Å². The maximum atomic E-state index is 12.1. The van der Waals surface area contributed by atoms with Crippen LogP contribution in [-0.2, 0) is 23.0 Å². The molecule has 6 nitrogen and oxygen atoms in total. The number of para-hydroxylation sites is 1. The number of amides is 1. The van der Waals surface area contributed by atoms with Crippen molar-refractivity contribution < 1.29 is 19.4 Å². The molecule has 0 saturated heterocycles. The predicted octanol–water partition coefficient (Wildman–Crippen LogP) is 3.95. The van der Waals surface area contributed by atoms with Gasteiger partial charge in [0.2, 0.25) is 0 Å². The van der Waals surface area contributed by atoms with Crippen molar-refractivity contribution >= 4 is 23.0 Å². The van der Waals surface area contributed by atoms with E-state index in [9.17, 15) is 14.7 Å². The Morgan fingerprint density at radius 1 is 1.27 bits per heavy atom. The van der Waals surface area contributed by atoms with Crippen LogP contribution in [-0.4, -0.2) is 39.3 Å². The Kier molecular flexibility index (Phi) is 5.75. The molecular weight excluding hydrogens is 332 g/mol. The first-order valence-electron chi connectivity index (χ1n) is 8.53. The number of carbonyl (C=O) groups is 2. The van der Waals surface area contributed by atoms with E-state index in [0.717, 1.165) is 21.4 Å². The van der Waals surface area contributed by atoms with E-state index >= 15 is 0 Å². The lowest BCUT2D eigenvalue weighted by Crippen LogP contribution is -2.35. The van der Waals surface area contributed by atoms with Crippen molar-refractivity contribution in [3.63, 3.8) is 0 Å². The number of nitrogens with zero attached hydrogens (tertiary/aromatic N) is 2.